The maximum atomic E-state index is 12.0. The van der Waals surface area contributed by atoms with Crippen LogP contribution in [-0.2, 0) is 9.53 Å². The number of hydrogen-bond acceptors (Lipinski definition) is 5. The first-order valence-electron chi connectivity index (χ1n) is 8.29. The number of nitrogens with zero attached hydrogens (tertiary/aromatic N) is 1. The van der Waals surface area contributed by atoms with Crippen LogP contribution in [0.4, 0.5) is 5.69 Å². The Labute approximate surface area is 151 Å². The molecule has 8 nitrogen and oxygen atoms in total. The van der Waals surface area contributed by atoms with Crippen LogP contribution >= 0.6 is 0 Å². The minimum Gasteiger partial charge on any atom is -0.451 e. The average molecular weight is 358 g/mol. The number of hydrogen-bond donors (Lipinski definition) is 3. The highest BCUT2D eigenvalue weighted by Gasteiger charge is 2.12. The van der Waals surface area contributed by atoms with Crippen molar-refractivity contribution in [1.29, 1.82) is 0 Å². The van der Waals surface area contributed by atoms with Gasteiger partial charge in [-0.25, -0.2) is 4.79 Å². The molecular formula is C18H22N4O4. The number of amides is 2. The fraction of sp³-hybridized carbons (Fsp3) is 0.278. The third-order valence-corrected chi connectivity index (χ3v) is 3.73. The van der Waals surface area contributed by atoms with Gasteiger partial charge >= 0.3 is 5.97 Å². The van der Waals surface area contributed by atoms with Crippen LogP contribution in [0.1, 0.15) is 34.7 Å². The van der Waals surface area contributed by atoms with E-state index in [9.17, 15) is 14.4 Å². The van der Waals surface area contributed by atoms with E-state index in [1.165, 1.54) is 6.07 Å². The third-order valence-electron chi connectivity index (χ3n) is 3.73. The molecule has 2 amide bonds. The maximum Gasteiger partial charge on any atom is 0.355 e. The number of carbonyl (C=O) groups is 3. The van der Waals surface area contributed by atoms with Gasteiger partial charge in [-0.15, -0.1) is 0 Å². The molecule has 1 heterocycles. The summed E-state index contributed by atoms with van der Waals surface area (Å²) < 4.78 is 4.81. The maximum absolute atomic E-state index is 12.0. The van der Waals surface area contributed by atoms with E-state index in [1.807, 2.05) is 12.1 Å². The second-order valence-corrected chi connectivity index (χ2v) is 5.38. The van der Waals surface area contributed by atoms with Crippen LogP contribution in [0.2, 0.25) is 0 Å². The van der Waals surface area contributed by atoms with Crippen LogP contribution < -0.4 is 15.8 Å². The zero-order valence-electron chi connectivity index (χ0n) is 14.7. The van der Waals surface area contributed by atoms with Gasteiger partial charge in [0.15, 0.2) is 6.61 Å². The summed E-state index contributed by atoms with van der Waals surface area (Å²) in [7, 11) is 0. The van der Waals surface area contributed by atoms with Crippen molar-refractivity contribution in [2.45, 2.75) is 13.8 Å². The van der Waals surface area contributed by atoms with Gasteiger partial charge in [-0.2, -0.15) is 0 Å². The van der Waals surface area contributed by atoms with Crippen molar-refractivity contribution in [3.8, 4) is 0 Å². The number of esters is 1. The van der Waals surface area contributed by atoms with E-state index in [0.717, 1.165) is 18.8 Å². The summed E-state index contributed by atoms with van der Waals surface area (Å²) in [6.07, 6.45) is 1.57. The molecule has 0 aliphatic heterocycles. The van der Waals surface area contributed by atoms with Crippen molar-refractivity contribution in [2.24, 2.45) is 0 Å². The molecule has 0 bridgehead atoms. The molecule has 3 N–H and O–H groups in total. The van der Waals surface area contributed by atoms with E-state index < -0.39 is 24.4 Å². The smallest absolute Gasteiger partial charge is 0.355 e. The fourth-order valence-corrected chi connectivity index (χ4v) is 2.31. The molecule has 26 heavy (non-hydrogen) atoms. The van der Waals surface area contributed by atoms with E-state index in [0.29, 0.717) is 5.56 Å². The van der Waals surface area contributed by atoms with E-state index in [4.69, 9.17) is 4.74 Å². The molecule has 0 radical (unpaired) electrons. The number of rotatable bonds is 7. The van der Waals surface area contributed by atoms with Gasteiger partial charge in [-0.3, -0.25) is 20.4 Å². The number of benzene rings is 1. The van der Waals surface area contributed by atoms with Crippen molar-refractivity contribution in [2.75, 3.05) is 24.6 Å². The van der Waals surface area contributed by atoms with Crippen molar-refractivity contribution < 1.29 is 19.1 Å². The van der Waals surface area contributed by atoms with Crippen LogP contribution in [0.15, 0.2) is 42.6 Å². The standard InChI is InChI=1S/C18H22N4O4/c1-3-22(4-2)14-9-7-13(8-10-14)17(24)21-20-16(23)12-26-18(25)15-6-5-11-19-15/h5-11,19H,3-4,12H2,1-2H3,(H,20,23)(H,21,24). The lowest BCUT2D eigenvalue weighted by atomic mass is 10.2. The summed E-state index contributed by atoms with van der Waals surface area (Å²) in [5.74, 6) is -1.75. The van der Waals surface area contributed by atoms with E-state index in [1.54, 1.807) is 24.4 Å². The summed E-state index contributed by atoms with van der Waals surface area (Å²) in [5, 5.41) is 0. The summed E-state index contributed by atoms with van der Waals surface area (Å²) in [6.45, 7) is 5.36. The number of hydrazine groups is 1. The Balaban J connectivity index is 1.78. The Morgan fingerprint density at radius 3 is 2.31 bits per heavy atom. The largest absolute Gasteiger partial charge is 0.451 e. The van der Waals surface area contributed by atoms with Gasteiger partial charge in [0.25, 0.3) is 11.8 Å². The van der Waals surface area contributed by atoms with E-state index >= 15 is 0 Å². The summed E-state index contributed by atoms with van der Waals surface area (Å²) in [4.78, 5) is 40.1. The van der Waals surface area contributed by atoms with E-state index in [2.05, 4.69) is 34.6 Å². The second-order valence-electron chi connectivity index (χ2n) is 5.38. The molecule has 0 aliphatic carbocycles. The summed E-state index contributed by atoms with van der Waals surface area (Å²) in [6, 6.07) is 10.2. The van der Waals surface area contributed by atoms with Gasteiger partial charge < -0.3 is 14.6 Å². The number of nitrogens with one attached hydrogen (secondary N) is 3. The highest BCUT2D eigenvalue weighted by atomic mass is 16.5. The van der Waals surface area contributed by atoms with Crippen molar-refractivity contribution in [1.82, 2.24) is 15.8 Å². The van der Waals surface area contributed by atoms with Crippen molar-refractivity contribution >= 4 is 23.5 Å². The lowest BCUT2D eigenvalue weighted by Crippen LogP contribution is -2.43. The fourth-order valence-electron chi connectivity index (χ4n) is 2.31. The molecule has 1 aromatic carbocycles. The molecule has 0 saturated carbocycles. The molecule has 2 rings (SSSR count). The molecule has 2 aromatic rings. The Morgan fingerprint density at radius 1 is 1.04 bits per heavy atom. The molecule has 8 heteroatoms. The topological polar surface area (TPSA) is 104 Å². The number of H-pyrrole nitrogens is 1. The quantitative estimate of drug-likeness (QED) is 0.514. The van der Waals surface area contributed by atoms with Crippen molar-refractivity contribution in [3.05, 3.63) is 53.9 Å². The molecule has 138 valence electrons. The number of carbonyl (C=O) groups excluding carboxylic acids is 3. The number of aromatic nitrogens is 1. The molecule has 0 fully saturated rings. The second kappa shape index (κ2) is 9.26. The SMILES string of the molecule is CCN(CC)c1ccc(C(=O)NNC(=O)COC(=O)c2ccc[nH]2)cc1. The number of ether oxygens (including phenoxy) is 1. The van der Waals surface area contributed by atoms with Crippen LogP contribution in [0.5, 0.6) is 0 Å². The molecule has 0 unspecified atom stereocenters. The minimum atomic E-state index is -0.650. The van der Waals surface area contributed by atoms with Gasteiger partial charge in [0.2, 0.25) is 0 Å². The monoisotopic (exact) mass is 358 g/mol. The van der Waals surface area contributed by atoms with Crippen LogP contribution in [0.3, 0.4) is 0 Å². The summed E-state index contributed by atoms with van der Waals surface area (Å²) in [5.41, 5.74) is 6.16. The number of anilines is 1. The number of aromatic amines is 1. The zero-order valence-corrected chi connectivity index (χ0v) is 14.7. The normalized spacial score (nSPS) is 10.1. The molecule has 0 spiro atoms. The molecular weight excluding hydrogens is 336 g/mol. The lowest BCUT2D eigenvalue weighted by Gasteiger charge is -2.21. The Kier molecular flexibility index (Phi) is 6.78. The first-order valence-corrected chi connectivity index (χ1v) is 8.29. The van der Waals surface area contributed by atoms with Gasteiger partial charge in [0.1, 0.15) is 5.69 Å². The first kappa shape index (κ1) is 19.0. The molecule has 0 atom stereocenters. The predicted molar refractivity (Wildman–Crippen MR) is 96.7 cm³/mol. The third kappa shape index (κ3) is 5.10. The Morgan fingerprint density at radius 2 is 1.73 bits per heavy atom. The van der Waals surface area contributed by atoms with Gasteiger partial charge in [0.05, 0.1) is 0 Å². The van der Waals surface area contributed by atoms with Crippen molar-refractivity contribution in [3.63, 3.8) is 0 Å². The Hall–Kier alpha value is -3.29. The predicted octanol–water partition coefficient (Wildman–Crippen LogP) is 1.48. The molecule has 1 aromatic heterocycles. The van der Waals surface area contributed by atoms with Gasteiger partial charge in [0, 0.05) is 30.5 Å². The first-order chi connectivity index (χ1) is 12.5. The lowest BCUT2D eigenvalue weighted by molar-refractivity contribution is -0.125. The highest BCUT2D eigenvalue weighted by Crippen LogP contribution is 2.14. The van der Waals surface area contributed by atoms with Crippen LogP contribution in [0.25, 0.3) is 0 Å². The zero-order chi connectivity index (χ0) is 18.9. The highest BCUT2D eigenvalue weighted by molar-refractivity contribution is 5.96. The summed E-state index contributed by atoms with van der Waals surface area (Å²) >= 11 is 0. The molecule has 0 aliphatic rings. The van der Waals surface area contributed by atoms with E-state index in [-0.39, 0.29) is 5.69 Å². The molecule has 0 saturated heterocycles. The Bertz CT molecular complexity index is 737. The average Bonchev–Trinajstić information content (AvgIpc) is 3.20. The van der Waals surface area contributed by atoms with Crippen LogP contribution in [-0.4, -0.2) is 42.5 Å². The van der Waals surface area contributed by atoms with Gasteiger partial charge in [-0.05, 0) is 50.2 Å². The van der Waals surface area contributed by atoms with Crippen LogP contribution in [0, 0.1) is 0 Å². The minimum absolute atomic E-state index is 0.245. The van der Waals surface area contributed by atoms with Gasteiger partial charge in [-0.1, -0.05) is 0 Å².